The van der Waals surface area contributed by atoms with Gasteiger partial charge in [0.25, 0.3) is 0 Å². The first-order valence-electron chi connectivity index (χ1n) is 13.7. The lowest BCUT2D eigenvalue weighted by atomic mass is 10.1. The van der Waals surface area contributed by atoms with Crippen LogP contribution in [0.3, 0.4) is 0 Å². The van der Waals surface area contributed by atoms with E-state index in [1.807, 2.05) is 0 Å². The Kier molecular flexibility index (Phi) is 12.2. The van der Waals surface area contributed by atoms with Gasteiger partial charge in [0.15, 0.2) is 0 Å². The van der Waals surface area contributed by atoms with Crippen molar-refractivity contribution in [3.05, 3.63) is 95.1 Å². The second kappa shape index (κ2) is 16.0. The van der Waals surface area contributed by atoms with Crippen LogP contribution >= 0.6 is 0 Å². The third-order valence-corrected chi connectivity index (χ3v) is 6.18. The SMILES string of the molecule is Nc1cc(N)cc(C(=O)OCCCCCCCCOC(=O)C=Cc2ccc(OC(=O)c3ccc(C(F)(F)F)cc3)cc2)c1. The van der Waals surface area contributed by atoms with Gasteiger partial charge in [0.1, 0.15) is 5.75 Å². The molecule has 4 N–H and O–H groups in total. The zero-order chi connectivity index (χ0) is 31.2. The number of rotatable bonds is 14. The molecule has 0 saturated carbocycles. The number of halogens is 3. The van der Waals surface area contributed by atoms with E-state index in [9.17, 15) is 27.6 Å². The first-order valence-corrected chi connectivity index (χ1v) is 13.7. The van der Waals surface area contributed by atoms with Crippen LogP contribution in [-0.2, 0) is 20.4 Å². The molecule has 0 spiro atoms. The molecular formula is C32H33F3N2O6. The molecule has 3 aromatic rings. The number of nitrogen functional groups attached to an aromatic ring is 2. The second-order valence-corrected chi connectivity index (χ2v) is 9.68. The summed E-state index contributed by atoms with van der Waals surface area (Å²) in [7, 11) is 0. The molecule has 0 amide bonds. The van der Waals surface area contributed by atoms with Crippen molar-refractivity contribution in [2.45, 2.75) is 44.7 Å². The molecule has 0 radical (unpaired) electrons. The number of unbranched alkanes of at least 4 members (excludes halogenated alkanes) is 5. The average Bonchev–Trinajstić information content (AvgIpc) is 2.96. The minimum absolute atomic E-state index is 0.0141. The zero-order valence-corrected chi connectivity index (χ0v) is 23.4. The Labute approximate surface area is 247 Å². The van der Waals surface area contributed by atoms with E-state index < -0.39 is 29.6 Å². The second-order valence-electron chi connectivity index (χ2n) is 9.68. The van der Waals surface area contributed by atoms with E-state index in [0.29, 0.717) is 35.7 Å². The molecule has 228 valence electrons. The van der Waals surface area contributed by atoms with Crippen molar-refractivity contribution in [1.82, 2.24) is 0 Å². The normalized spacial score (nSPS) is 11.3. The highest BCUT2D eigenvalue weighted by Crippen LogP contribution is 2.29. The molecule has 11 heteroatoms. The summed E-state index contributed by atoms with van der Waals surface area (Å²) in [5.74, 6) is -1.52. The van der Waals surface area contributed by atoms with Gasteiger partial charge in [0.05, 0.1) is 29.9 Å². The predicted molar refractivity (Wildman–Crippen MR) is 156 cm³/mol. The summed E-state index contributed by atoms with van der Waals surface area (Å²) >= 11 is 0. The van der Waals surface area contributed by atoms with Gasteiger partial charge in [-0.25, -0.2) is 14.4 Å². The third-order valence-electron chi connectivity index (χ3n) is 6.18. The van der Waals surface area contributed by atoms with E-state index in [-0.39, 0.29) is 11.3 Å². The molecule has 0 aliphatic carbocycles. The number of ether oxygens (including phenoxy) is 3. The van der Waals surface area contributed by atoms with Crippen molar-refractivity contribution in [3.8, 4) is 5.75 Å². The maximum Gasteiger partial charge on any atom is 0.416 e. The van der Waals surface area contributed by atoms with Crippen molar-refractivity contribution >= 4 is 35.4 Å². The van der Waals surface area contributed by atoms with E-state index >= 15 is 0 Å². The van der Waals surface area contributed by atoms with Gasteiger partial charge in [-0.1, -0.05) is 37.8 Å². The number of anilines is 2. The van der Waals surface area contributed by atoms with Crippen molar-refractivity contribution in [3.63, 3.8) is 0 Å². The van der Waals surface area contributed by atoms with Gasteiger partial charge >= 0.3 is 24.1 Å². The Hall–Kier alpha value is -4.80. The Morgan fingerprint density at radius 1 is 0.674 bits per heavy atom. The molecule has 0 heterocycles. The van der Waals surface area contributed by atoms with Gasteiger partial charge in [-0.2, -0.15) is 13.2 Å². The van der Waals surface area contributed by atoms with Crippen molar-refractivity contribution in [2.75, 3.05) is 24.7 Å². The van der Waals surface area contributed by atoms with Crippen molar-refractivity contribution in [1.29, 1.82) is 0 Å². The molecule has 0 atom stereocenters. The van der Waals surface area contributed by atoms with E-state index in [1.54, 1.807) is 24.3 Å². The first-order chi connectivity index (χ1) is 20.5. The lowest BCUT2D eigenvalue weighted by molar-refractivity contribution is -0.138. The summed E-state index contributed by atoms with van der Waals surface area (Å²) in [5, 5.41) is 0. The maximum atomic E-state index is 12.7. The van der Waals surface area contributed by atoms with E-state index in [2.05, 4.69) is 0 Å². The quantitative estimate of drug-likeness (QED) is 0.0678. The largest absolute Gasteiger partial charge is 0.463 e. The van der Waals surface area contributed by atoms with Crippen LogP contribution in [0, 0.1) is 0 Å². The molecule has 0 unspecified atom stereocenters. The molecule has 0 aliphatic rings. The van der Waals surface area contributed by atoms with Crippen molar-refractivity contribution < 1.29 is 41.8 Å². The van der Waals surface area contributed by atoms with Crippen LogP contribution in [0.25, 0.3) is 6.08 Å². The van der Waals surface area contributed by atoms with E-state index in [1.165, 1.54) is 30.3 Å². The van der Waals surface area contributed by atoms with Crippen LogP contribution in [-0.4, -0.2) is 31.1 Å². The number of nitrogens with two attached hydrogens (primary N) is 2. The molecule has 0 aliphatic heterocycles. The summed E-state index contributed by atoms with van der Waals surface area (Å²) in [5.41, 5.74) is 12.3. The van der Waals surface area contributed by atoms with Crippen LogP contribution < -0.4 is 16.2 Å². The summed E-state index contributed by atoms with van der Waals surface area (Å²) in [4.78, 5) is 36.2. The zero-order valence-electron chi connectivity index (χ0n) is 23.4. The maximum absolute atomic E-state index is 12.7. The Balaban J connectivity index is 1.24. The highest BCUT2D eigenvalue weighted by Gasteiger charge is 2.30. The number of alkyl halides is 3. The number of carbonyl (C=O) groups is 3. The highest BCUT2D eigenvalue weighted by molar-refractivity contribution is 5.92. The van der Waals surface area contributed by atoms with Gasteiger partial charge in [-0.05, 0) is 79.1 Å². The third kappa shape index (κ3) is 11.5. The fraction of sp³-hybridized carbons (Fsp3) is 0.281. The fourth-order valence-electron chi connectivity index (χ4n) is 3.95. The van der Waals surface area contributed by atoms with Crippen LogP contribution in [0.4, 0.5) is 24.5 Å². The minimum atomic E-state index is -4.49. The standard InChI is InChI=1S/C32H33F3N2O6/c33-32(34,35)25-12-10-23(11-13-25)31(40)43-28-14-7-22(8-15-28)9-16-29(38)41-17-5-3-1-2-4-6-18-42-30(39)24-19-26(36)21-27(37)20-24/h7-16,19-21H,1-6,17-18,36-37H2. The van der Waals surface area contributed by atoms with E-state index in [4.69, 9.17) is 25.7 Å². The first kappa shape index (κ1) is 32.7. The van der Waals surface area contributed by atoms with Crippen LogP contribution in [0.5, 0.6) is 5.75 Å². The minimum Gasteiger partial charge on any atom is -0.463 e. The smallest absolute Gasteiger partial charge is 0.416 e. The fourth-order valence-corrected chi connectivity index (χ4v) is 3.95. The molecule has 8 nitrogen and oxygen atoms in total. The van der Waals surface area contributed by atoms with Gasteiger partial charge in [-0.3, -0.25) is 0 Å². The summed E-state index contributed by atoms with van der Waals surface area (Å²) < 4.78 is 53.7. The summed E-state index contributed by atoms with van der Waals surface area (Å²) in [6, 6.07) is 14.6. The van der Waals surface area contributed by atoms with Crippen LogP contribution in [0.1, 0.15) is 70.4 Å². The number of hydrogen-bond donors (Lipinski definition) is 2. The number of esters is 3. The molecule has 3 rings (SSSR count). The van der Waals surface area contributed by atoms with E-state index in [0.717, 1.165) is 62.8 Å². The Morgan fingerprint density at radius 3 is 1.81 bits per heavy atom. The molecule has 0 saturated heterocycles. The molecule has 0 bridgehead atoms. The average molecular weight is 599 g/mol. The molecule has 43 heavy (non-hydrogen) atoms. The predicted octanol–water partition coefficient (Wildman–Crippen LogP) is 6.84. The van der Waals surface area contributed by atoms with Gasteiger partial charge in [0, 0.05) is 17.5 Å². The van der Waals surface area contributed by atoms with Gasteiger partial charge in [-0.15, -0.1) is 0 Å². The van der Waals surface area contributed by atoms with Crippen molar-refractivity contribution in [2.24, 2.45) is 0 Å². The highest BCUT2D eigenvalue weighted by atomic mass is 19.4. The van der Waals surface area contributed by atoms with Crippen LogP contribution in [0.2, 0.25) is 0 Å². The molecule has 0 aromatic heterocycles. The topological polar surface area (TPSA) is 131 Å². The summed E-state index contributed by atoms with van der Waals surface area (Å²) in [6.45, 7) is 0.608. The van der Waals surface area contributed by atoms with Gasteiger partial charge in [0.2, 0.25) is 0 Å². The Bertz CT molecular complexity index is 1380. The molecular weight excluding hydrogens is 565 g/mol. The number of hydrogen-bond acceptors (Lipinski definition) is 8. The van der Waals surface area contributed by atoms with Crippen LogP contribution in [0.15, 0.2) is 72.8 Å². The lowest BCUT2D eigenvalue weighted by Gasteiger charge is -2.08. The van der Waals surface area contributed by atoms with Gasteiger partial charge < -0.3 is 25.7 Å². The molecule has 0 fully saturated rings. The monoisotopic (exact) mass is 598 g/mol. The lowest BCUT2D eigenvalue weighted by Crippen LogP contribution is -2.10. The number of benzene rings is 3. The number of carbonyl (C=O) groups excluding carboxylic acids is 3. The summed E-state index contributed by atoms with van der Waals surface area (Å²) in [6.07, 6.45) is 3.55. The molecule has 3 aromatic carbocycles. The Morgan fingerprint density at radius 2 is 1.23 bits per heavy atom.